The van der Waals surface area contributed by atoms with Crippen LogP contribution in [0.4, 0.5) is 4.39 Å². The van der Waals surface area contributed by atoms with E-state index in [9.17, 15) is 14.0 Å². The highest BCUT2D eigenvalue weighted by atomic mass is 19.1. The largest absolute Gasteiger partial charge is 0.380 e. The third-order valence-electron chi connectivity index (χ3n) is 5.90. The first-order valence-corrected chi connectivity index (χ1v) is 8.36. The van der Waals surface area contributed by atoms with Crippen molar-refractivity contribution in [2.45, 2.75) is 37.8 Å². The normalized spacial score (nSPS) is 35.9. The summed E-state index contributed by atoms with van der Waals surface area (Å²) in [6, 6.07) is 0. The van der Waals surface area contributed by atoms with E-state index in [-0.39, 0.29) is 29.1 Å². The molecule has 4 aliphatic rings. The van der Waals surface area contributed by atoms with Gasteiger partial charge in [0.25, 0.3) is 5.91 Å². The molecule has 2 amide bonds. The van der Waals surface area contributed by atoms with Gasteiger partial charge in [-0.3, -0.25) is 9.59 Å². The lowest BCUT2D eigenvalue weighted by atomic mass is 9.80. The first-order chi connectivity index (χ1) is 10.5. The third kappa shape index (κ3) is 2.23. The number of rotatable bonds is 4. The van der Waals surface area contributed by atoms with Crippen molar-refractivity contribution in [1.82, 2.24) is 10.2 Å². The zero-order valence-corrected chi connectivity index (χ0v) is 12.8. The molecule has 0 aromatic rings. The summed E-state index contributed by atoms with van der Waals surface area (Å²) in [6.45, 7) is 2.75. The molecule has 0 spiro atoms. The first kappa shape index (κ1) is 14.4. The van der Waals surface area contributed by atoms with E-state index < -0.39 is 5.67 Å². The SMILES string of the molecule is O=C(NC[C@]12COC[C@H]1CN(C(=O)C1(F)CCC1)C2)C1CC1. The van der Waals surface area contributed by atoms with E-state index in [1.165, 1.54) is 0 Å². The Morgan fingerprint density at radius 1 is 1.32 bits per heavy atom. The van der Waals surface area contributed by atoms with Gasteiger partial charge in [0, 0.05) is 36.9 Å². The van der Waals surface area contributed by atoms with Gasteiger partial charge in [-0.05, 0) is 32.1 Å². The van der Waals surface area contributed by atoms with E-state index in [1.807, 2.05) is 0 Å². The van der Waals surface area contributed by atoms with Gasteiger partial charge in [0.15, 0.2) is 5.67 Å². The second-order valence-electron chi connectivity index (χ2n) is 7.57. The maximum atomic E-state index is 14.4. The van der Waals surface area contributed by atoms with E-state index in [0.29, 0.717) is 45.7 Å². The standard InChI is InChI=1S/C16H23FN2O3/c17-16(4-1-5-16)14(21)19-6-12-7-22-10-15(12,9-19)8-18-13(20)11-2-3-11/h11-12H,1-10H2,(H,18,20)/t12-,15+/m1/s1. The minimum absolute atomic E-state index is 0.116. The second kappa shape index (κ2) is 4.91. The number of nitrogens with one attached hydrogen (secondary N) is 1. The van der Waals surface area contributed by atoms with Gasteiger partial charge in [0.2, 0.25) is 5.91 Å². The predicted octanol–water partition coefficient (Wildman–Crippen LogP) is 0.880. The molecule has 2 saturated carbocycles. The second-order valence-corrected chi connectivity index (χ2v) is 7.57. The van der Waals surface area contributed by atoms with Crippen LogP contribution >= 0.6 is 0 Å². The Balaban J connectivity index is 1.42. The number of alkyl halides is 1. The third-order valence-corrected chi connectivity index (χ3v) is 5.90. The number of likely N-dealkylation sites (tertiary alicyclic amines) is 1. The molecule has 0 unspecified atom stereocenters. The zero-order chi connectivity index (χ0) is 15.4. The van der Waals surface area contributed by atoms with E-state index in [0.717, 1.165) is 19.3 Å². The Labute approximate surface area is 129 Å². The smallest absolute Gasteiger partial charge is 0.260 e. The topological polar surface area (TPSA) is 58.6 Å². The fourth-order valence-electron chi connectivity index (χ4n) is 3.97. The monoisotopic (exact) mass is 310 g/mol. The number of hydrogen-bond acceptors (Lipinski definition) is 3. The molecule has 0 aromatic carbocycles. The van der Waals surface area contributed by atoms with E-state index in [2.05, 4.69) is 5.32 Å². The lowest BCUT2D eigenvalue weighted by molar-refractivity contribution is -0.149. The average molecular weight is 310 g/mol. The summed E-state index contributed by atoms with van der Waals surface area (Å²) in [5, 5.41) is 3.02. The number of fused-ring (bicyclic) bond motifs is 1. The lowest BCUT2D eigenvalue weighted by Gasteiger charge is -2.36. The molecule has 2 saturated heterocycles. The molecule has 4 fully saturated rings. The molecule has 5 nitrogen and oxygen atoms in total. The van der Waals surface area contributed by atoms with Gasteiger partial charge in [0.05, 0.1) is 13.2 Å². The van der Waals surface area contributed by atoms with Crippen LogP contribution in [0.15, 0.2) is 0 Å². The summed E-state index contributed by atoms with van der Waals surface area (Å²) in [5.41, 5.74) is -1.85. The Hall–Kier alpha value is -1.17. The Bertz CT molecular complexity index is 504. The summed E-state index contributed by atoms with van der Waals surface area (Å²) in [4.78, 5) is 26.0. The van der Waals surface area contributed by atoms with Crippen LogP contribution in [0.3, 0.4) is 0 Å². The van der Waals surface area contributed by atoms with Crippen LogP contribution in [0.5, 0.6) is 0 Å². The summed E-state index contributed by atoms with van der Waals surface area (Å²) in [7, 11) is 0. The molecule has 2 atom stereocenters. The number of carbonyl (C=O) groups is 2. The van der Waals surface area contributed by atoms with Crippen LogP contribution in [0, 0.1) is 17.3 Å². The van der Waals surface area contributed by atoms with E-state index in [1.54, 1.807) is 4.90 Å². The highest BCUT2D eigenvalue weighted by Crippen LogP contribution is 2.44. The minimum atomic E-state index is -1.63. The van der Waals surface area contributed by atoms with Gasteiger partial charge in [0.1, 0.15) is 0 Å². The minimum Gasteiger partial charge on any atom is -0.380 e. The number of amides is 2. The first-order valence-electron chi connectivity index (χ1n) is 8.36. The number of carbonyl (C=O) groups excluding carboxylic acids is 2. The van der Waals surface area contributed by atoms with Crippen molar-refractivity contribution in [2.24, 2.45) is 17.3 Å². The maximum Gasteiger partial charge on any atom is 0.260 e. The van der Waals surface area contributed by atoms with E-state index >= 15 is 0 Å². The van der Waals surface area contributed by atoms with Gasteiger partial charge in [-0.1, -0.05) is 0 Å². The van der Waals surface area contributed by atoms with Gasteiger partial charge >= 0.3 is 0 Å². The van der Waals surface area contributed by atoms with Gasteiger partial charge in [-0.15, -0.1) is 0 Å². The zero-order valence-electron chi connectivity index (χ0n) is 12.8. The van der Waals surface area contributed by atoms with Crippen molar-refractivity contribution in [3.05, 3.63) is 0 Å². The summed E-state index contributed by atoms with van der Waals surface area (Å²) in [5.74, 6) is 0.159. The van der Waals surface area contributed by atoms with Crippen molar-refractivity contribution in [2.75, 3.05) is 32.8 Å². The van der Waals surface area contributed by atoms with Gasteiger partial charge in [-0.25, -0.2) is 4.39 Å². The van der Waals surface area contributed by atoms with Crippen LogP contribution in [0.1, 0.15) is 32.1 Å². The molecule has 2 aliphatic heterocycles. The molecule has 4 rings (SSSR count). The molecule has 0 radical (unpaired) electrons. The summed E-state index contributed by atoms with van der Waals surface area (Å²) >= 11 is 0. The van der Waals surface area contributed by atoms with Crippen LogP contribution in [-0.4, -0.2) is 55.2 Å². The van der Waals surface area contributed by atoms with Crippen molar-refractivity contribution in [3.63, 3.8) is 0 Å². The highest BCUT2D eigenvalue weighted by Gasteiger charge is 2.56. The fourth-order valence-corrected chi connectivity index (χ4v) is 3.97. The summed E-state index contributed by atoms with van der Waals surface area (Å²) < 4.78 is 20.0. The molecular weight excluding hydrogens is 287 g/mol. The number of halogens is 1. The van der Waals surface area contributed by atoms with Crippen LogP contribution in [0.25, 0.3) is 0 Å². The van der Waals surface area contributed by atoms with Crippen LogP contribution < -0.4 is 5.32 Å². The maximum absolute atomic E-state index is 14.4. The molecule has 122 valence electrons. The van der Waals surface area contributed by atoms with Crippen LogP contribution in [-0.2, 0) is 14.3 Å². The molecule has 6 heteroatoms. The van der Waals surface area contributed by atoms with E-state index in [4.69, 9.17) is 4.74 Å². The molecule has 0 bridgehead atoms. The Kier molecular flexibility index (Phi) is 3.22. The Morgan fingerprint density at radius 3 is 2.73 bits per heavy atom. The Morgan fingerprint density at radius 2 is 2.09 bits per heavy atom. The number of nitrogens with zero attached hydrogens (tertiary/aromatic N) is 1. The predicted molar refractivity (Wildman–Crippen MR) is 76.7 cm³/mol. The van der Waals surface area contributed by atoms with Crippen molar-refractivity contribution < 1.29 is 18.7 Å². The number of ether oxygens (including phenoxy) is 1. The quantitative estimate of drug-likeness (QED) is 0.838. The molecular formula is C16H23FN2O3. The van der Waals surface area contributed by atoms with Crippen molar-refractivity contribution in [3.8, 4) is 0 Å². The number of hydrogen-bond donors (Lipinski definition) is 1. The van der Waals surface area contributed by atoms with Crippen molar-refractivity contribution >= 4 is 11.8 Å². The highest BCUT2D eigenvalue weighted by molar-refractivity contribution is 5.86. The average Bonchev–Trinajstić information content (AvgIpc) is 3.15. The molecule has 0 aromatic heterocycles. The fraction of sp³-hybridized carbons (Fsp3) is 0.875. The molecule has 2 aliphatic carbocycles. The van der Waals surface area contributed by atoms with Gasteiger partial charge < -0.3 is 15.0 Å². The van der Waals surface area contributed by atoms with Gasteiger partial charge in [-0.2, -0.15) is 0 Å². The lowest BCUT2D eigenvalue weighted by Crippen LogP contribution is -2.51. The van der Waals surface area contributed by atoms with Crippen molar-refractivity contribution in [1.29, 1.82) is 0 Å². The van der Waals surface area contributed by atoms with Crippen LogP contribution in [0.2, 0.25) is 0 Å². The molecule has 22 heavy (non-hydrogen) atoms. The molecule has 2 heterocycles. The molecule has 1 N–H and O–H groups in total. The summed E-state index contributed by atoms with van der Waals surface area (Å²) in [6.07, 6.45) is 3.47.